The first kappa shape index (κ1) is 5.58. The van der Waals surface area contributed by atoms with Gasteiger partial charge in [0.15, 0.2) is 0 Å². The molecule has 1 fully saturated rings. The van der Waals surface area contributed by atoms with Crippen molar-refractivity contribution in [3.8, 4) is 0 Å². The minimum atomic E-state index is 0. The van der Waals surface area contributed by atoms with Crippen LogP contribution in [0.5, 0.6) is 0 Å². The molecule has 0 aromatic heterocycles. The van der Waals surface area contributed by atoms with Crippen LogP contribution in [0.2, 0.25) is 0 Å². The molecule has 0 spiro atoms. The van der Waals surface area contributed by atoms with Gasteiger partial charge in [-0.1, -0.05) is 25.7 Å². The van der Waals surface area contributed by atoms with Gasteiger partial charge in [0.25, 0.3) is 0 Å². The molecule has 0 unspecified atom stereocenters. The van der Waals surface area contributed by atoms with Crippen LogP contribution in [0.15, 0.2) is 0 Å². The van der Waals surface area contributed by atoms with Gasteiger partial charge in [-0.25, -0.2) is 0 Å². The Balaban J connectivity index is 0. The Morgan fingerprint density at radius 1 is 0.800 bits per heavy atom. The Labute approximate surface area is 46.3 Å². The number of hydrogen-bond acceptors (Lipinski definition) is 0. The quantitative estimate of drug-likeness (QED) is 0.445. The Kier molecular flexibility index (Phi) is 3.13. The summed E-state index contributed by atoms with van der Waals surface area (Å²) >= 11 is 0. The fourth-order valence-corrected chi connectivity index (χ4v) is 0.250. The van der Waals surface area contributed by atoms with Gasteiger partial charge in [-0.3, -0.25) is 0 Å². The third-order valence-electron chi connectivity index (χ3n) is 1.000. The molecule has 0 nitrogen and oxygen atoms in total. The van der Waals surface area contributed by atoms with Crippen molar-refractivity contribution in [2.45, 2.75) is 25.7 Å². The van der Waals surface area contributed by atoms with Crippen molar-refractivity contribution >= 4 is 0 Å². The zero-order valence-corrected chi connectivity index (χ0v) is 4.67. The normalized spacial score (nSPS) is 19.2. The van der Waals surface area contributed by atoms with E-state index in [0.717, 1.165) is 0 Å². The van der Waals surface area contributed by atoms with Crippen LogP contribution in [0.1, 0.15) is 27.1 Å². The first-order valence-corrected chi connectivity index (χ1v) is 2.00. The van der Waals surface area contributed by atoms with Crippen LogP contribution in [0.4, 0.5) is 0 Å². The molecule has 1 heteroatoms. The van der Waals surface area contributed by atoms with Crippen molar-refractivity contribution in [3.05, 3.63) is 0 Å². The molecule has 1 rings (SSSR count). The van der Waals surface area contributed by atoms with Gasteiger partial charge in [-0.2, -0.15) is 0 Å². The van der Waals surface area contributed by atoms with Crippen molar-refractivity contribution < 1.29 is 20.0 Å². The van der Waals surface area contributed by atoms with Crippen LogP contribution >= 0.6 is 0 Å². The van der Waals surface area contributed by atoms with E-state index in [0.29, 0.717) is 0 Å². The van der Waals surface area contributed by atoms with E-state index in [2.05, 4.69) is 0 Å². The summed E-state index contributed by atoms with van der Waals surface area (Å²) in [5.74, 6) is 0. The minimum absolute atomic E-state index is 0. The summed E-state index contributed by atoms with van der Waals surface area (Å²) in [7, 11) is 0. The van der Waals surface area contributed by atoms with Gasteiger partial charge in [0, 0.05) is 18.6 Å². The second kappa shape index (κ2) is 2.80. The van der Waals surface area contributed by atoms with Gasteiger partial charge in [-0.15, -0.1) is 0 Å². The van der Waals surface area contributed by atoms with Gasteiger partial charge in [0.1, 0.15) is 0 Å². The fourth-order valence-electron chi connectivity index (χ4n) is 0.250. The molecule has 0 saturated heterocycles. The van der Waals surface area contributed by atoms with Gasteiger partial charge in [0.05, 0.1) is 0 Å². The van der Waals surface area contributed by atoms with Gasteiger partial charge in [0.2, 0.25) is 0 Å². The number of hydrogen-bond donors (Lipinski definition) is 0. The monoisotopic (exact) mass is 110 g/mol. The molecule has 1 aliphatic rings. The summed E-state index contributed by atoms with van der Waals surface area (Å²) in [6.07, 6.45) is 6.00. The molecule has 1 aliphatic carbocycles. The average Bonchev–Trinajstić information content (AvgIpc) is 0.722. The van der Waals surface area contributed by atoms with Gasteiger partial charge in [-0.05, 0) is 0 Å². The molecular weight excluding hydrogens is 99.0 g/mol. The second-order valence-electron chi connectivity index (χ2n) is 1.41. The maximum absolute atomic E-state index is 1.50. The van der Waals surface area contributed by atoms with Crippen LogP contribution in [0.25, 0.3) is 0 Å². The Hall–Kier alpha value is 0.584. The first-order valence-electron chi connectivity index (χ1n) is 2.00. The molecule has 1 saturated carbocycles. The number of rotatable bonds is 0. The van der Waals surface area contributed by atoms with E-state index in [9.17, 15) is 0 Å². The molecule has 29 valence electrons. The zero-order valence-electron chi connectivity index (χ0n) is 4.28. The third-order valence-corrected chi connectivity index (χ3v) is 1.000. The van der Waals surface area contributed by atoms with E-state index in [4.69, 9.17) is 0 Å². The standard InChI is InChI=1S/C4H8.V/c1-2-4-3-1;/h1-4H2;/p+1/i/hT. The van der Waals surface area contributed by atoms with E-state index in [1.165, 1.54) is 25.7 Å². The molecule has 1 radical (unpaired) electrons. The molecule has 0 heterocycles. The summed E-state index contributed by atoms with van der Waals surface area (Å²) in [6.45, 7) is 0. The SMILES string of the molecule is C1CCC1.[3H+].[V]. The summed E-state index contributed by atoms with van der Waals surface area (Å²) in [6, 6.07) is 0. The molecular formula is C4H9V+. The van der Waals surface area contributed by atoms with E-state index in [1.54, 1.807) is 0 Å². The smallest absolute Gasteiger partial charge is 0.0533 e. The summed E-state index contributed by atoms with van der Waals surface area (Å²) in [5.41, 5.74) is 0. The van der Waals surface area contributed by atoms with Crippen molar-refractivity contribution in [3.63, 3.8) is 0 Å². The largest absolute Gasteiger partial charge is 1.00 e. The molecule has 0 aromatic rings. The van der Waals surface area contributed by atoms with Crippen molar-refractivity contribution in [2.24, 2.45) is 0 Å². The van der Waals surface area contributed by atoms with Crippen LogP contribution < -0.4 is 0 Å². The average molecular weight is 110 g/mol. The van der Waals surface area contributed by atoms with Crippen molar-refractivity contribution in [1.82, 2.24) is 0 Å². The predicted molar refractivity (Wildman–Crippen MR) is 19.6 cm³/mol. The van der Waals surface area contributed by atoms with E-state index >= 15 is 0 Å². The van der Waals surface area contributed by atoms with E-state index < -0.39 is 0 Å². The third kappa shape index (κ3) is 1.46. The Bertz CT molecular complexity index is 15.5. The molecule has 5 heavy (non-hydrogen) atoms. The second-order valence-corrected chi connectivity index (χ2v) is 1.41. The molecule has 0 bridgehead atoms. The van der Waals surface area contributed by atoms with Crippen LogP contribution in [0.3, 0.4) is 0 Å². The Morgan fingerprint density at radius 2 is 1.00 bits per heavy atom. The molecule has 0 aliphatic heterocycles. The maximum atomic E-state index is 1.50. The maximum Gasteiger partial charge on any atom is 1.00 e. The predicted octanol–water partition coefficient (Wildman–Crippen LogP) is 1.67. The zero-order chi connectivity index (χ0) is 2.83. The van der Waals surface area contributed by atoms with Gasteiger partial charge >= 0.3 is 1.43 Å². The van der Waals surface area contributed by atoms with Crippen molar-refractivity contribution in [2.75, 3.05) is 0 Å². The minimum Gasteiger partial charge on any atom is -0.0533 e. The first-order chi connectivity index (χ1) is 2.00. The van der Waals surface area contributed by atoms with Gasteiger partial charge < -0.3 is 0 Å². The van der Waals surface area contributed by atoms with Crippen LogP contribution in [0, 0.1) is 0 Å². The van der Waals surface area contributed by atoms with E-state index in [-0.39, 0.29) is 20.0 Å². The fraction of sp³-hybridized carbons (Fsp3) is 1.00. The summed E-state index contributed by atoms with van der Waals surface area (Å²) < 4.78 is 0. The van der Waals surface area contributed by atoms with Crippen LogP contribution in [-0.2, 0) is 18.6 Å². The summed E-state index contributed by atoms with van der Waals surface area (Å²) in [5, 5.41) is 0. The molecule has 0 N–H and O–H groups in total. The van der Waals surface area contributed by atoms with E-state index in [1.807, 2.05) is 0 Å². The summed E-state index contributed by atoms with van der Waals surface area (Å²) in [4.78, 5) is 0. The molecule has 0 aromatic carbocycles. The Morgan fingerprint density at radius 3 is 1.00 bits per heavy atom. The molecule has 0 amide bonds. The van der Waals surface area contributed by atoms with Crippen LogP contribution in [-0.4, -0.2) is 0 Å². The molecule has 0 atom stereocenters. The topological polar surface area (TPSA) is 0 Å². The van der Waals surface area contributed by atoms with Crippen molar-refractivity contribution in [1.29, 1.82) is 0 Å².